The number of benzene rings is 2. The van der Waals surface area contributed by atoms with Crippen LogP contribution in [0.2, 0.25) is 0 Å². The summed E-state index contributed by atoms with van der Waals surface area (Å²) in [5, 5.41) is 1.07. The second-order valence-electron chi connectivity index (χ2n) is 9.05. The van der Waals surface area contributed by atoms with Crippen LogP contribution >= 0.6 is 0 Å². The number of piperidine rings is 1. The Balaban J connectivity index is 1.18. The first kappa shape index (κ1) is 22.4. The van der Waals surface area contributed by atoms with Gasteiger partial charge in [-0.2, -0.15) is 0 Å². The molecule has 0 aliphatic carbocycles. The van der Waals surface area contributed by atoms with Crippen LogP contribution in [0.1, 0.15) is 30.1 Å². The Morgan fingerprint density at radius 2 is 2.09 bits per heavy atom. The van der Waals surface area contributed by atoms with E-state index >= 15 is 0 Å². The van der Waals surface area contributed by atoms with Crippen molar-refractivity contribution in [2.45, 2.75) is 31.7 Å². The van der Waals surface area contributed by atoms with E-state index in [1.54, 1.807) is 12.0 Å². The third kappa shape index (κ3) is 4.77. The number of epoxide rings is 1. The molecule has 0 radical (unpaired) electrons. The van der Waals surface area contributed by atoms with Gasteiger partial charge >= 0.3 is 6.09 Å². The minimum Gasteiger partial charge on any atom is -0.497 e. The molecule has 6 nitrogen and oxygen atoms in total. The molecule has 2 fully saturated rings. The van der Waals surface area contributed by atoms with E-state index in [2.05, 4.69) is 11.6 Å². The van der Waals surface area contributed by atoms with Gasteiger partial charge < -0.3 is 19.1 Å². The fourth-order valence-corrected chi connectivity index (χ4v) is 4.98. The summed E-state index contributed by atoms with van der Waals surface area (Å²) in [6.45, 7) is 5.66. The lowest BCUT2D eigenvalue weighted by molar-refractivity contribution is 0.0698. The number of carbonyl (C=O) groups excluding carboxylic acids is 1. The maximum absolute atomic E-state index is 12.6. The molecule has 176 valence electrons. The molecular formula is C28H30N2O4. The molecule has 4 atom stereocenters. The van der Waals surface area contributed by atoms with Crippen LogP contribution in [0.4, 0.5) is 4.79 Å². The van der Waals surface area contributed by atoms with Gasteiger partial charge in [-0.05, 0) is 60.1 Å². The first-order chi connectivity index (χ1) is 16.7. The maximum atomic E-state index is 12.6. The zero-order chi connectivity index (χ0) is 23.5. The highest BCUT2D eigenvalue weighted by Crippen LogP contribution is 2.47. The van der Waals surface area contributed by atoms with E-state index in [1.807, 2.05) is 66.9 Å². The average molecular weight is 459 g/mol. The zero-order valence-electron chi connectivity index (χ0n) is 19.4. The van der Waals surface area contributed by atoms with E-state index in [4.69, 9.17) is 14.2 Å². The normalized spacial score (nSPS) is 24.0. The SMILES string of the molecule is C=C[C@H]1CN(C(=O)OCc2ccccc2)CC[C@H]1C[C@@H]1O[C@H]1c1ccnc2ccc(OC)cc12. The molecule has 2 aliphatic rings. The Morgan fingerprint density at radius 3 is 2.88 bits per heavy atom. The summed E-state index contributed by atoms with van der Waals surface area (Å²) in [5.74, 6) is 1.46. The minimum absolute atomic E-state index is 0.0666. The van der Waals surface area contributed by atoms with Crippen LogP contribution in [0.25, 0.3) is 10.9 Å². The molecule has 0 N–H and O–H groups in total. The van der Waals surface area contributed by atoms with Crippen LogP contribution < -0.4 is 4.74 Å². The van der Waals surface area contributed by atoms with Crippen molar-refractivity contribution < 1.29 is 19.0 Å². The fraction of sp³-hybridized carbons (Fsp3) is 0.357. The number of ether oxygens (including phenoxy) is 3. The molecule has 0 spiro atoms. The lowest BCUT2D eigenvalue weighted by Crippen LogP contribution is -2.43. The molecule has 34 heavy (non-hydrogen) atoms. The number of hydrogen-bond acceptors (Lipinski definition) is 5. The predicted molar refractivity (Wildman–Crippen MR) is 131 cm³/mol. The van der Waals surface area contributed by atoms with Crippen molar-refractivity contribution in [3.63, 3.8) is 0 Å². The Hall–Kier alpha value is -3.38. The number of aromatic nitrogens is 1. The first-order valence-electron chi connectivity index (χ1n) is 11.8. The first-order valence-corrected chi connectivity index (χ1v) is 11.8. The molecule has 5 rings (SSSR count). The number of nitrogens with zero attached hydrogens (tertiary/aromatic N) is 2. The second-order valence-corrected chi connectivity index (χ2v) is 9.05. The van der Waals surface area contributed by atoms with Gasteiger partial charge in [-0.15, -0.1) is 6.58 Å². The van der Waals surface area contributed by atoms with Crippen molar-refractivity contribution >= 4 is 17.0 Å². The van der Waals surface area contributed by atoms with Gasteiger partial charge in [0, 0.05) is 24.7 Å². The van der Waals surface area contributed by atoms with Crippen molar-refractivity contribution in [3.8, 4) is 5.75 Å². The van der Waals surface area contributed by atoms with E-state index in [0.717, 1.165) is 40.6 Å². The monoisotopic (exact) mass is 458 g/mol. The van der Waals surface area contributed by atoms with Gasteiger partial charge in [-0.25, -0.2) is 4.79 Å². The standard InChI is InChI=1S/C28H30N2O4/c1-3-20-17-30(28(31)33-18-19-7-5-4-6-8-19)14-12-21(20)15-26-27(34-26)23-11-13-29-25-10-9-22(32-2)16-24(23)25/h3-11,13,16,20-21,26-27H,1,12,14-15,17-18H2,2H3/t20-,21-,26-,27-/m0/s1. The number of amides is 1. The van der Waals surface area contributed by atoms with Crippen LogP contribution in [-0.2, 0) is 16.1 Å². The van der Waals surface area contributed by atoms with E-state index in [9.17, 15) is 4.79 Å². The van der Waals surface area contributed by atoms with E-state index in [1.165, 1.54) is 0 Å². The number of rotatable bonds is 7. The summed E-state index contributed by atoms with van der Waals surface area (Å²) in [6, 6.07) is 17.7. The summed E-state index contributed by atoms with van der Waals surface area (Å²) in [4.78, 5) is 18.9. The van der Waals surface area contributed by atoms with Gasteiger partial charge in [0.25, 0.3) is 0 Å². The van der Waals surface area contributed by atoms with E-state index < -0.39 is 0 Å². The highest BCUT2D eigenvalue weighted by atomic mass is 16.6. The van der Waals surface area contributed by atoms with Crippen molar-refractivity contribution in [1.82, 2.24) is 9.88 Å². The Morgan fingerprint density at radius 1 is 1.24 bits per heavy atom. The number of pyridine rings is 1. The highest BCUT2D eigenvalue weighted by molar-refractivity contribution is 5.84. The van der Waals surface area contributed by atoms with Crippen LogP contribution in [0, 0.1) is 11.8 Å². The van der Waals surface area contributed by atoms with Gasteiger partial charge in [-0.1, -0.05) is 36.4 Å². The van der Waals surface area contributed by atoms with Crippen molar-refractivity contribution in [3.05, 3.63) is 84.6 Å². The van der Waals surface area contributed by atoms with Gasteiger partial charge in [0.15, 0.2) is 0 Å². The lowest BCUT2D eigenvalue weighted by Gasteiger charge is -2.36. The molecule has 0 saturated carbocycles. The number of methoxy groups -OCH3 is 1. The van der Waals surface area contributed by atoms with Gasteiger partial charge in [-0.3, -0.25) is 4.98 Å². The molecule has 0 unspecified atom stereocenters. The third-order valence-corrected chi connectivity index (χ3v) is 6.98. The van der Waals surface area contributed by atoms with Crippen LogP contribution in [0.15, 0.2) is 73.4 Å². The lowest BCUT2D eigenvalue weighted by atomic mass is 9.81. The number of hydrogen-bond donors (Lipinski definition) is 0. The van der Waals surface area contributed by atoms with Crippen molar-refractivity contribution in [2.24, 2.45) is 11.8 Å². The number of fused-ring (bicyclic) bond motifs is 1. The average Bonchev–Trinajstić information content (AvgIpc) is 3.66. The van der Waals surface area contributed by atoms with Crippen molar-refractivity contribution in [2.75, 3.05) is 20.2 Å². The van der Waals surface area contributed by atoms with Gasteiger partial charge in [0.1, 0.15) is 18.5 Å². The summed E-state index contributed by atoms with van der Waals surface area (Å²) >= 11 is 0. The molecule has 6 heteroatoms. The largest absolute Gasteiger partial charge is 0.497 e. The Kier molecular flexibility index (Phi) is 6.50. The molecule has 2 aliphatic heterocycles. The Labute approximate surface area is 200 Å². The van der Waals surface area contributed by atoms with Gasteiger partial charge in [0.2, 0.25) is 0 Å². The maximum Gasteiger partial charge on any atom is 0.410 e. The molecule has 3 heterocycles. The summed E-state index contributed by atoms with van der Waals surface area (Å²) in [7, 11) is 1.67. The third-order valence-electron chi connectivity index (χ3n) is 6.98. The zero-order valence-corrected chi connectivity index (χ0v) is 19.4. The molecule has 1 amide bonds. The summed E-state index contributed by atoms with van der Waals surface area (Å²) < 4.78 is 17.1. The number of carbonyl (C=O) groups is 1. The van der Waals surface area contributed by atoms with E-state index in [-0.39, 0.29) is 24.2 Å². The summed E-state index contributed by atoms with van der Waals surface area (Å²) in [5.41, 5.74) is 3.09. The van der Waals surface area contributed by atoms with Crippen LogP contribution in [0.5, 0.6) is 5.75 Å². The molecule has 2 aromatic carbocycles. The molecular weight excluding hydrogens is 428 g/mol. The predicted octanol–water partition coefficient (Wildman–Crippen LogP) is 5.53. The van der Waals surface area contributed by atoms with Gasteiger partial charge in [0.05, 0.1) is 18.7 Å². The smallest absolute Gasteiger partial charge is 0.410 e. The molecule has 1 aromatic heterocycles. The quantitative estimate of drug-likeness (QED) is 0.344. The summed E-state index contributed by atoms with van der Waals surface area (Å²) in [6.07, 6.45) is 5.65. The Bertz CT molecular complexity index is 1170. The highest BCUT2D eigenvalue weighted by Gasteiger charge is 2.44. The molecule has 3 aromatic rings. The minimum atomic E-state index is -0.257. The van der Waals surface area contributed by atoms with E-state index in [0.29, 0.717) is 25.6 Å². The second kappa shape index (κ2) is 9.85. The fourth-order valence-electron chi connectivity index (χ4n) is 4.98. The topological polar surface area (TPSA) is 64.2 Å². The van der Waals surface area contributed by atoms with Crippen molar-refractivity contribution in [1.29, 1.82) is 0 Å². The molecule has 2 saturated heterocycles. The number of likely N-dealkylation sites (tertiary alicyclic amines) is 1. The molecule has 0 bridgehead atoms. The van der Waals surface area contributed by atoms with Crippen LogP contribution in [-0.4, -0.2) is 42.3 Å². The van der Waals surface area contributed by atoms with Crippen LogP contribution in [0.3, 0.4) is 0 Å².